The third-order valence-corrected chi connectivity index (χ3v) is 3.20. The molecule has 0 saturated heterocycles. The van der Waals surface area contributed by atoms with Crippen molar-refractivity contribution in [3.8, 4) is 5.75 Å². The zero-order valence-electron chi connectivity index (χ0n) is 10.6. The number of rotatable bonds is 5. The number of benzene rings is 2. The van der Waals surface area contributed by atoms with Gasteiger partial charge in [0.25, 0.3) is 0 Å². The van der Waals surface area contributed by atoms with Gasteiger partial charge >= 0.3 is 0 Å². The molecule has 2 aromatic rings. The molecule has 2 rings (SSSR count). The van der Waals surface area contributed by atoms with Gasteiger partial charge in [-0.3, -0.25) is 0 Å². The normalized spacial score (nSPS) is 10.3. The summed E-state index contributed by atoms with van der Waals surface area (Å²) in [5.74, 6) is 0.873. The minimum Gasteiger partial charge on any atom is -0.497 e. The van der Waals surface area contributed by atoms with Gasteiger partial charge in [0, 0.05) is 22.3 Å². The fourth-order valence-electron chi connectivity index (χ4n) is 1.80. The molecule has 0 aromatic heterocycles. The minimum absolute atomic E-state index is 0.638. The van der Waals surface area contributed by atoms with E-state index < -0.39 is 0 Å². The third kappa shape index (κ3) is 4.34. The smallest absolute Gasteiger partial charge is 0.118 e. The highest BCUT2D eigenvalue weighted by Gasteiger charge is 1.99. The molecule has 0 aliphatic rings. The summed E-state index contributed by atoms with van der Waals surface area (Å²) >= 11 is 11.9. The topological polar surface area (TPSA) is 21.3 Å². The molecule has 0 amide bonds. The van der Waals surface area contributed by atoms with Crippen molar-refractivity contribution >= 4 is 28.9 Å². The zero-order chi connectivity index (χ0) is 13.7. The molecule has 0 heterocycles. The van der Waals surface area contributed by atoms with Crippen molar-refractivity contribution in [1.29, 1.82) is 0 Å². The highest BCUT2D eigenvalue weighted by molar-refractivity contribution is 6.35. The Kier molecular flexibility index (Phi) is 4.94. The van der Waals surface area contributed by atoms with E-state index in [1.165, 1.54) is 5.56 Å². The summed E-state index contributed by atoms with van der Waals surface area (Å²) < 4.78 is 5.12. The Bertz CT molecular complexity index is 520. The van der Waals surface area contributed by atoms with Crippen LogP contribution in [0.25, 0.3) is 0 Å². The fourth-order valence-corrected chi connectivity index (χ4v) is 2.33. The van der Waals surface area contributed by atoms with E-state index in [1.807, 2.05) is 24.3 Å². The lowest BCUT2D eigenvalue weighted by molar-refractivity contribution is 0.414. The van der Waals surface area contributed by atoms with Crippen LogP contribution < -0.4 is 10.1 Å². The van der Waals surface area contributed by atoms with Gasteiger partial charge in [-0.15, -0.1) is 0 Å². The number of hydrogen-bond donors (Lipinski definition) is 1. The van der Waals surface area contributed by atoms with Crippen LogP contribution in [0.5, 0.6) is 5.75 Å². The van der Waals surface area contributed by atoms with Gasteiger partial charge < -0.3 is 10.1 Å². The molecule has 0 bridgehead atoms. The van der Waals surface area contributed by atoms with Crippen molar-refractivity contribution in [3.63, 3.8) is 0 Å². The Labute approximate surface area is 123 Å². The summed E-state index contributed by atoms with van der Waals surface area (Å²) in [6, 6.07) is 13.5. The maximum Gasteiger partial charge on any atom is 0.118 e. The van der Waals surface area contributed by atoms with Crippen LogP contribution in [-0.4, -0.2) is 13.7 Å². The molecule has 100 valence electrons. The van der Waals surface area contributed by atoms with Crippen molar-refractivity contribution in [2.24, 2.45) is 0 Å². The average Bonchev–Trinajstić information content (AvgIpc) is 2.38. The first-order valence-electron chi connectivity index (χ1n) is 6.00. The number of ether oxygens (including phenoxy) is 1. The van der Waals surface area contributed by atoms with Crippen LogP contribution in [0.15, 0.2) is 42.5 Å². The van der Waals surface area contributed by atoms with Crippen molar-refractivity contribution in [3.05, 3.63) is 58.1 Å². The Morgan fingerprint density at radius 3 is 2.21 bits per heavy atom. The maximum atomic E-state index is 5.94. The summed E-state index contributed by atoms with van der Waals surface area (Å²) in [6.07, 6.45) is 0.925. The first-order valence-corrected chi connectivity index (χ1v) is 6.76. The molecule has 0 fully saturated rings. The van der Waals surface area contributed by atoms with Crippen LogP contribution in [0.2, 0.25) is 10.0 Å². The van der Waals surface area contributed by atoms with Gasteiger partial charge in [-0.2, -0.15) is 0 Å². The molecule has 1 N–H and O–H groups in total. The monoisotopic (exact) mass is 295 g/mol. The summed E-state index contributed by atoms with van der Waals surface area (Å²) in [5.41, 5.74) is 2.19. The van der Waals surface area contributed by atoms with Crippen molar-refractivity contribution in [2.45, 2.75) is 6.42 Å². The van der Waals surface area contributed by atoms with Gasteiger partial charge in [-0.05, 0) is 42.3 Å². The first kappa shape index (κ1) is 14.0. The summed E-state index contributed by atoms with van der Waals surface area (Å²) in [6.45, 7) is 0.822. The highest BCUT2D eigenvalue weighted by atomic mass is 35.5. The van der Waals surface area contributed by atoms with Crippen molar-refractivity contribution < 1.29 is 4.74 Å². The van der Waals surface area contributed by atoms with E-state index in [2.05, 4.69) is 17.4 Å². The standard InChI is InChI=1S/C15H15Cl2NO/c1-19-15-4-2-11(3-5-15)6-7-18-14-9-12(16)8-13(17)10-14/h2-5,8-10,18H,6-7H2,1H3. The molecule has 0 radical (unpaired) electrons. The second-order valence-electron chi connectivity index (χ2n) is 4.18. The van der Waals surface area contributed by atoms with Crippen molar-refractivity contribution in [2.75, 3.05) is 19.0 Å². The number of halogens is 2. The number of anilines is 1. The predicted octanol–water partition coefficient (Wildman–Crippen LogP) is 4.66. The highest BCUT2D eigenvalue weighted by Crippen LogP contribution is 2.22. The van der Waals surface area contributed by atoms with Gasteiger partial charge in [0.05, 0.1) is 7.11 Å². The minimum atomic E-state index is 0.638. The quantitative estimate of drug-likeness (QED) is 0.866. The van der Waals surface area contributed by atoms with E-state index in [0.717, 1.165) is 24.4 Å². The summed E-state index contributed by atoms with van der Waals surface area (Å²) in [4.78, 5) is 0. The van der Waals surface area contributed by atoms with E-state index in [0.29, 0.717) is 10.0 Å². The van der Waals surface area contributed by atoms with Crippen molar-refractivity contribution in [1.82, 2.24) is 0 Å². The summed E-state index contributed by atoms with van der Waals surface area (Å²) in [7, 11) is 1.67. The fraction of sp³-hybridized carbons (Fsp3) is 0.200. The zero-order valence-corrected chi connectivity index (χ0v) is 12.1. The molecule has 2 nitrogen and oxygen atoms in total. The molecule has 0 aliphatic heterocycles. The van der Waals surface area contributed by atoms with Crippen LogP contribution in [0.3, 0.4) is 0 Å². The van der Waals surface area contributed by atoms with Gasteiger partial charge in [-0.1, -0.05) is 35.3 Å². The molecule has 0 spiro atoms. The molecular weight excluding hydrogens is 281 g/mol. The number of hydrogen-bond acceptors (Lipinski definition) is 2. The maximum absolute atomic E-state index is 5.94. The van der Waals surface area contributed by atoms with E-state index in [1.54, 1.807) is 13.2 Å². The van der Waals surface area contributed by atoms with Crippen LogP contribution in [0.4, 0.5) is 5.69 Å². The Morgan fingerprint density at radius 1 is 1.00 bits per heavy atom. The third-order valence-electron chi connectivity index (χ3n) is 2.76. The molecule has 0 atom stereocenters. The predicted molar refractivity (Wildman–Crippen MR) is 81.6 cm³/mol. The lowest BCUT2D eigenvalue weighted by Gasteiger charge is -2.08. The van der Waals surface area contributed by atoms with Gasteiger partial charge in [0.2, 0.25) is 0 Å². The molecule has 2 aromatic carbocycles. The Hall–Kier alpha value is -1.38. The molecule has 19 heavy (non-hydrogen) atoms. The second-order valence-corrected chi connectivity index (χ2v) is 5.06. The lowest BCUT2D eigenvalue weighted by Crippen LogP contribution is -2.04. The molecular formula is C15H15Cl2NO. The van der Waals surface area contributed by atoms with Crippen LogP contribution in [0, 0.1) is 0 Å². The Morgan fingerprint density at radius 2 is 1.63 bits per heavy atom. The average molecular weight is 296 g/mol. The van der Waals surface area contributed by atoms with Gasteiger partial charge in [0.1, 0.15) is 5.75 Å². The van der Waals surface area contributed by atoms with Crippen LogP contribution in [-0.2, 0) is 6.42 Å². The molecule has 0 unspecified atom stereocenters. The van der Waals surface area contributed by atoms with E-state index >= 15 is 0 Å². The Balaban J connectivity index is 1.88. The number of nitrogens with one attached hydrogen (secondary N) is 1. The van der Waals surface area contributed by atoms with Gasteiger partial charge in [-0.25, -0.2) is 0 Å². The molecule has 0 saturated carbocycles. The number of methoxy groups -OCH3 is 1. The van der Waals surface area contributed by atoms with E-state index in [9.17, 15) is 0 Å². The molecule has 4 heteroatoms. The second kappa shape index (κ2) is 6.69. The lowest BCUT2D eigenvalue weighted by atomic mass is 10.1. The van der Waals surface area contributed by atoms with E-state index in [4.69, 9.17) is 27.9 Å². The van der Waals surface area contributed by atoms with E-state index in [-0.39, 0.29) is 0 Å². The SMILES string of the molecule is COc1ccc(CCNc2cc(Cl)cc(Cl)c2)cc1. The summed E-state index contributed by atoms with van der Waals surface area (Å²) in [5, 5.41) is 4.58. The van der Waals surface area contributed by atoms with Crippen LogP contribution in [0.1, 0.15) is 5.56 Å². The van der Waals surface area contributed by atoms with Crippen LogP contribution >= 0.6 is 23.2 Å². The largest absolute Gasteiger partial charge is 0.497 e. The molecule has 0 aliphatic carbocycles. The van der Waals surface area contributed by atoms with Gasteiger partial charge in [0.15, 0.2) is 0 Å². The first-order chi connectivity index (χ1) is 9.17.